The number of anilines is 1. The summed E-state index contributed by atoms with van der Waals surface area (Å²) in [7, 11) is 1.62. The number of nitrogens with zero attached hydrogens (tertiary/aromatic N) is 2. The van der Waals surface area contributed by atoms with Gasteiger partial charge in [0.05, 0.1) is 13.2 Å². The fourth-order valence-electron chi connectivity index (χ4n) is 2.88. The fraction of sp³-hybridized carbons (Fsp3) is 0.562. The largest absolute Gasteiger partial charge is 0.496 e. The Hall–Kier alpha value is -1.75. The summed E-state index contributed by atoms with van der Waals surface area (Å²) in [4.78, 5) is 15.6. The van der Waals surface area contributed by atoms with Gasteiger partial charge in [0.1, 0.15) is 5.75 Å². The van der Waals surface area contributed by atoms with Gasteiger partial charge in [-0.2, -0.15) is 0 Å². The van der Waals surface area contributed by atoms with Crippen molar-refractivity contribution in [1.29, 1.82) is 0 Å². The SMILES string of the molecule is COc1cccc(N2CCCN(C(C)=O)CC2)c1C(C)O. The van der Waals surface area contributed by atoms with Crippen LogP contribution < -0.4 is 9.64 Å². The first-order valence-electron chi connectivity index (χ1n) is 7.40. The number of ether oxygens (including phenoxy) is 1. The average Bonchev–Trinajstić information content (AvgIpc) is 2.72. The number of aliphatic hydroxyl groups excluding tert-OH is 1. The highest BCUT2D eigenvalue weighted by Gasteiger charge is 2.22. The molecule has 1 aromatic carbocycles. The van der Waals surface area contributed by atoms with E-state index in [0.717, 1.165) is 37.3 Å². The van der Waals surface area contributed by atoms with Gasteiger partial charge < -0.3 is 19.6 Å². The third-order valence-corrected chi connectivity index (χ3v) is 3.96. The Kier molecular flexibility index (Phi) is 5.07. The number of carbonyl (C=O) groups is 1. The molecule has 1 N–H and O–H groups in total. The number of carbonyl (C=O) groups excluding carboxylic acids is 1. The molecule has 1 amide bonds. The lowest BCUT2D eigenvalue weighted by Gasteiger charge is -2.27. The molecular weight excluding hydrogens is 268 g/mol. The summed E-state index contributed by atoms with van der Waals surface area (Å²) in [5.74, 6) is 0.827. The van der Waals surface area contributed by atoms with Crippen LogP contribution in [0.4, 0.5) is 5.69 Å². The predicted molar refractivity (Wildman–Crippen MR) is 82.7 cm³/mol. The quantitative estimate of drug-likeness (QED) is 0.923. The van der Waals surface area contributed by atoms with Crippen LogP contribution >= 0.6 is 0 Å². The molecule has 1 aromatic rings. The van der Waals surface area contributed by atoms with E-state index in [2.05, 4.69) is 4.90 Å². The highest BCUT2D eigenvalue weighted by Crippen LogP contribution is 2.34. The Balaban J connectivity index is 2.27. The van der Waals surface area contributed by atoms with Gasteiger partial charge in [0, 0.05) is 44.4 Å². The molecule has 5 nitrogen and oxygen atoms in total. The smallest absolute Gasteiger partial charge is 0.219 e. The van der Waals surface area contributed by atoms with Crippen molar-refractivity contribution in [2.24, 2.45) is 0 Å². The molecule has 2 rings (SSSR count). The van der Waals surface area contributed by atoms with Crippen molar-refractivity contribution < 1.29 is 14.6 Å². The van der Waals surface area contributed by atoms with Gasteiger partial charge in [0.15, 0.2) is 0 Å². The number of methoxy groups -OCH3 is 1. The second kappa shape index (κ2) is 6.80. The molecule has 0 bridgehead atoms. The molecule has 1 aliphatic heterocycles. The van der Waals surface area contributed by atoms with Crippen LogP contribution in [0.25, 0.3) is 0 Å². The molecule has 1 fully saturated rings. The maximum atomic E-state index is 11.5. The van der Waals surface area contributed by atoms with Gasteiger partial charge >= 0.3 is 0 Å². The van der Waals surface area contributed by atoms with E-state index in [1.54, 1.807) is 21.0 Å². The van der Waals surface area contributed by atoms with Crippen molar-refractivity contribution in [3.63, 3.8) is 0 Å². The molecular formula is C16H24N2O3. The number of hydrogen-bond donors (Lipinski definition) is 1. The van der Waals surface area contributed by atoms with Gasteiger partial charge in [-0.15, -0.1) is 0 Å². The van der Waals surface area contributed by atoms with E-state index in [0.29, 0.717) is 12.3 Å². The van der Waals surface area contributed by atoms with Crippen LogP contribution in [0.15, 0.2) is 18.2 Å². The van der Waals surface area contributed by atoms with Crippen molar-refractivity contribution in [1.82, 2.24) is 4.90 Å². The van der Waals surface area contributed by atoms with Crippen LogP contribution in [0.2, 0.25) is 0 Å². The van der Waals surface area contributed by atoms with Gasteiger partial charge in [-0.05, 0) is 25.5 Å². The van der Waals surface area contributed by atoms with Gasteiger partial charge in [-0.1, -0.05) is 6.07 Å². The number of amides is 1. The molecule has 5 heteroatoms. The van der Waals surface area contributed by atoms with E-state index in [9.17, 15) is 9.90 Å². The summed E-state index contributed by atoms with van der Waals surface area (Å²) in [5.41, 5.74) is 1.81. The molecule has 1 aliphatic rings. The fourth-order valence-corrected chi connectivity index (χ4v) is 2.88. The minimum atomic E-state index is -0.594. The van der Waals surface area contributed by atoms with Gasteiger partial charge in [0.2, 0.25) is 5.91 Å². The van der Waals surface area contributed by atoms with E-state index in [1.807, 2.05) is 23.1 Å². The Morgan fingerprint density at radius 2 is 2.05 bits per heavy atom. The van der Waals surface area contributed by atoms with Crippen molar-refractivity contribution in [2.75, 3.05) is 38.2 Å². The molecule has 0 saturated carbocycles. The molecule has 0 spiro atoms. The van der Waals surface area contributed by atoms with E-state index < -0.39 is 6.10 Å². The van der Waals surface area contributed by atoms with Crippen molar-refractivity contribution in [2.45, 2.75) is 26.4 Å². The maximum Gasteiger partial charge on any atom is 0.219 e. The van der Waals surface area contributed by atoms with Crippen LogP contribution in [0.3, 0.4) is 0 Å². The minimum Gasteiger partial charge on any atom is -0.496 e. The summed E-state index contributed by atoms with van der Waals surface area (Å²) >= 11 is 0. The van der Waals surface area contributed by atoms with Crippen LogP contribution in [-0.4, -0.2) is 49.2 Å². The molecule has 1 saturated heterocycles. The Bertz CT molecular complexity index is 502. The molecule has 1 atom stereocenters. The topological polar surface area (TPSA) is 53.0 Å². The molecule has 1 heterocycles. The zero-order chi connectivity index (χ0) is 15.4. The third kappa shape index (κ3) is 3.47. The number of benzene rings is 1. The lowest BCUT2D eigenvalue weighted by Crippen LogP contribution is -2.34. The Labute approximate surface area is 126 Å². The first-order valence-corrected chi connectivity index (χ1v) is 7.40. The maximum absolute atomic E-state index is 11.5. The zero-order valence-corrected chi connectivity index (χ0v) is 13.0. The molecule has 1 unspecified atom stereocenters. The number of rotatable bonds is 3. The summed E-state index contributed by atoms with van der Waals surface area (Å²) < 4.78 is 5.38. The van der Waals surface area contributed by atoms with Crippen LogP contribution in [0.1, 0.15) is 31.9 Å². The molecule has 0 radical (unpaired) electrons. The number of aliphatic hydroxyl groups is 1. The van der Waals surface area contributed by atoms with Crippen LogP contribution in [0.5, 0.6) is 5.75 Å². The second-order valence-corrected chi connectivity index (χ2v) is 5.42. The molecule has 0 aromatic heterocycles. The Morgan fingerprint density at radius 1 is 1.29 bits per heavy atom. The van der Waals surface area contributed by atoms with E-state index in [4.69, 9.17) is 4.74 Å². The highest BCUT2D eigenvalue weighted by atomic mass is 16.5. The highest BCUT2D eigenvalue weighted by molar-refractivity contribution is 5.73. The summed E-state index contributed by atoms with van der Waals surface area (Å²) in [6.45, 7) is 6.51. The third-order valence-electron chi connectivity index (χ3n) is 3.96. The average molecular weight is 292 g/mol. The predicted octanol–water partition coefficient (Wildman–Crippen LogP) is 1.81. The summed E-state index contributed by atoms with van der Waals surface area (Å²) in [5, 5.41) is 10.1. The molecule has 0 aliphatic carbocycles. The lowest BCUT2D eigenvalue weighted by atomic mass is 10.1. The minimum absolute atomic E-state index is 0.123. The van der Waals surface area contributed by atoms with Gasteiger partial charge in [-0.3, -0.25) is 4.79 Å². The van der Waals surface area contributed by atoms with Crippen molar-refractivity contribution in [3.05, 3.63) is 23.8 Å². The van der Waals surface area contributed by atoms with Gasteiger partial charge in [-0.25, -0.2) is 0 Å². The summed E-state index contributed by atoms with van der Waals surface area (Å²) in [6, 6.07) is 5.81. The Morgan fingerprint density at radius 3 is 2.67 bits per heavy atom. The van der Waals surface area contributed by atoms with Gasteiger partial charge in [0.25, 0.3) is 0 Å². The van der Waals surface area contributed by atoms with Crippen molar-refractivity contribution in [3.8, 4) is 5.75 Å². The summed E-state index contributed by atoms with van der Waals surface area (Å²) in [6.07, 6.45) is 0.332. The van der Waals surface area contributed by atoms with Crippen LogP contribution in [-0.2, 0) is 4.79 Å². The molecule has 21 heavy (non-hydrogen) atoms. The number of hydrogen-bond acceptors (Lipinski definition) is 4. The lowest BCUT2D eigenvalue weighted by molar-refractivity contribution is -0.128. The van der Waals surface area contributed by atoms with E-state index in [1.165, 1.54) is 0 Å². The monoisotopic (exact) mass is 292 g/mol. The molecule has 116 valence electrons. The standard InChI is InChI=1S/C16H24N2O3/c1-12(19)16-14(6-4-7-15(16)21-3)18-9-5-8-17(10-11-18)13(2)20/h4,6-7,12,19H,5,8-11H2,1-3H3. The normalized spacial score (nSPS) is 17.3. The van der Waals surface area contributed by atoms with E-state index in [-0.39, 0.29) is 5.91 Å². The second-order valence-electron chi connectivity index (χ2n) is 5.42. The first kappa shape index (κ1) is 15.6. The van der Waals surface area contributed by atoms with E-state index >= 15 is 0 Å². The van der Waals surface area contributed by atoms with Crippen molar-refractivity contribution >= 4 is 11.6 Å². The first-order chi connectivity index (χ1) is 10.0. The zero-order valence-electron chi connectivity index (χ0n) is 13.0. The van der Waals surface area contributed by atoms with Crippen LogP contribution in [0, 0.1) is 0 Å².